The van der Waals surface area contributed by atoms with Crippen LogP contribution in [0.25, 0.3) is 0 Å². The van der Waals surface area contributed by atoms with Crippen LogP contribution in [0, 0.1) is 11.7 Å². The Morgan fingerprint density at radius 2 is 2.00 bits per heavy atom. The smallest absolute Gasteiger partial charge is 0.253 e. The molecule has 134 valence electrons. The zero-order chi connectivity index (χ0) is 16.2. The van der Waals surface area contributed by atoms with Crippen LogP contribution in [0.4, 0.5) is 4.39 Å². The molecule has 1 aromatic carbocycles. The van der Waals surface area contributed by atoms with Gasteiger partial charge < -0.3 is 15.4 Å². The number of rotatable bonds is 3. The topological polar surface area (TPSA) is 55.6 Å². The molecule has 3 atom stereocenters. The molecule has 0 bridgehead atoms. The van der Waals surface area contributed by atoms with Crippen LogP contribution in [0.2, 0.25) is 0 Å². The van der Waals surface area contributed by atoms with E-state index in [1.54, 1.807) is 0 Å². The first-order valence-corrected chi connectivity index (χ1v) is 8.54. The maximum absolute atomic E-state index is 13.0. The molecular weight excluding hydrogens is 331 g/mol. The van der Waals surface area contributed by atoms with Crippen LogP contribution >= 0.6 is 12.4 Å². The van der Waals surface area contributed by atoms with Crippen LogP contribution in [-0.2, 0) is 16.0 Å². The number of halogens is 2. The Bertz CT molecular complexity index is 540. The highest BCUT2D eigenvalue weighted by atomic mass is 35.5. The Morgan fingerprint density at radius 3 is 2.71 bits per heavy atom. The quantitative estimate of drug-likeness (QED) is 0.905. The van der Waals surface area contributed by atoms with Crippen molar-refractivity contribution >= 4 is 18.3 Å². The molecule has 0 radical (unpaired) electrons. The Balaban J connectivity index is 0.00000208. The number of ether oxygens (including phenoxy) is 1. The predicted molar refractivity (Wildman–Crippen MR) is 93.6 cm³/mol. The highest BCUT2D eigenvalue weighted by Crippen LogP contribution is 2.23. The highest BCUT2D eigenvalue weighted by molar-refractivity contribution is 5.85. The molecule has 4 nitrogen and oxygen atoms in total. The van der Waals surface area contributed by atoms with E-state index in [1.807, 2.05) is 17.0 Å². The Labute approximate surface area is 148 Å². The van der Waals surface area contributed by atoms with E-state index >= 15 is 0 Å². The van der Waals surface area contributed by atoms with E-state index in [0.29, 0.717) is 12.5 Å². The van der Waals surface area contributed by atoms with Crippen molar-refractivity contribution in [1.29, 1.82) is 0 Å². The first-order chi connectivity index (χ1) is 11.1. The average molecular weight is 357 g/mol. The molecule has 1 aromatic rings. The molecule has 1 unspecified atom stereocenters. The number of amides is 1. The predicted octanol–water partition coefficient (Wildman–Crippen LogP) is 2.53. The minimum Gasteiger partial charge on any atom is -0.367 e. The van der Waals surface area contributed by atoms with Gasteiger partial charge >= 0.3 is 0 Å². The number of hydrogen-bond acceptors (Lipinski definition) is 3. The number of nitrogens with zero attached hydrogens (tertiary/aromatic N) is 1. The summed E-state index contributed by atoms with van der Waals surface area (Å²) in [5, 5.41) is 0. The summed E-state index contributed by atoms with van der Waals surface area (Å²) >= 11 is 0. The van der Waals surface area contributed by atoms with Gasteiger partial charge in [-0.25, -0.2) is 4.39 Å². The zero-order valence-corrected chi connectivity index (χ0v) is 14.6. The summed E-state index contributed by atoms with van der Waals surface area (Å²) in [5.41, 5.74) is 7.17. The fourth-order valence-electron chi connectivity index (χ4n) is 3.62. The second-order valence-electron chi connectivity index (χ2n) is 6.72. The van der Waals surface area contributed by atoms with Crippen molar-refractivity contribution in [1.82, 2.24) is 4.90 Å². The van der Waals surface area contributed by atoms with Gasteiger partial charge in [0.2, 0.25) is 0 Å². The fraction of sp³-hybridized carbons (Fsp3) is 0.611. The molecule has 2 heterocycles. The lowest BCUT2D eigenvalue weighted by Gasteiger charge is -2.37. The molecule has 3 rings (SSSR count). The van der Waals surface area contributed by atoms with Crippen molar-refractivity contribution < 1.29 is 13.9 Å². The summed E-state index contributed by atoms with van der Waals surface area (Å²) in [5.74, 6) is 0.247. The van der Waals surface area contributed by atoms with Crippen LogP contribution < -0.4 is 5.73 Å². The molecule has 0 aromatic heterocycles. The van der Waals surface area contributed by atoms with Crippen molar-refractivity contribution in [2.45, 2.75) is 44.2 Å². The van der Waals surface area contributed by atoms with E-state index in [4.69, 9.17) is 10.5 Å². The number of piperidine rings is 1. The standard InChI is InChI=1S/C18H25FN2O2.ClH/c19-15-7-5-13(6-8-15)11-14-3-1-9-21(12-14)18(22)17-16(20)4-2-10-23-17;/h5-8,14,16-17H,1-4,9-12,20H2;1H/t14-,16?,17+;/m0./s1. The minimum atomic E-state index is -0.478. The summed E-state index contributed by atoms with van der Waals surface area (Å²) in [6.07, 6.45) is 4.27. The number of nitrogens with two attached hydrogens (primary N) is 1. The van der Waals surface area contributed by atoms with Gasteiger partial charge in [0.05, 0.1) is 0 Å². The number of carbonyl (C=O) groups is 1. The highest BCUT2D eigenvalue weighted by Gasteiger charge is 2.34. The maximum atomic E-state index is 13.0. The monoisotopic (exact) mass is 356 g/mol. The largest absolute Gasteiger partial charge is 0.367 e. The van der Waals surface area contributed by atoms with Crippen LogP contribution in [0.3, 0.4) is 0 Å². The molecule has 0 aliphatic carbocycles. The molecule has 24 heavy (non-hydrogen) atoms. The molecule has 2 aliphatic rings. The van der Waals surface area contributed by atoms with E-state index in [2.05, 4.69) is 0 Å². The fourth-order valence-corrected chi connectivity index (χ4v) is 3.62. The van der Waals surface area contributed by atoms with Crippen molar-refractivity contribution in [3.8, 4) is 0 Å². The van der Waals surface area contributed by atoms with E-state index in [0.717, 1.165) is 50.8 Å². The van der Waals surface area contributed by atoms with Gasteiger partial charge in [-0.15, -0.1) is 12.4 Å². The zero-order valence-electron chi connectivity index (χ0n) is 13.8. The number of benzene rings is 1. The van der Waals surface area contributed by atoms with Crippen molar-refractivity contribution in [2.24, 2.45) is 11.7 Å². The summed E-state index contributed by atoms with van der Waals surface area (Å²) in [7, 11) is 0. The molecule has 2 saturated heterocycles. The SMILES string of the molecule is Cl.NC1CCCO[C@H]1C(=O)N1CCC[C@@H](Cc2ccc(F)cc2)C1. The Morgan fingerprint density at radius 1 is 1.25 bits per heavy atom. The van der Waals surface area contributed by atoms with Gasteiger partial charge in [0.25, 0.3) is 5.91 Å². The van der Waals surface area contributed by atoms with E-state index in [9.17, 15) is 9.18 Å². The van der Waals surface area contributed by atoms with Gasteiger partial charge in [0.1, 0.15) is 5.82 Å². The van der Waals surface area contributed by atoms with E-state index < -0.39 is 6.10 Å². The molecule has 2 aliphatic heterocycles. The first-order valence-electron chi connectivity index (χ1n) is 8.54. The van der Waals surface area contributed by atoms with Gasteiger partial charge in [-0.1, -0.05) is 12.1 Å². The summed E-state index contributed by atoms with van der Waals surface area (Å²) < 4.78 is 18.6. The molecule has 1 amide bonds. The molecule has 0 saturated carbocycles. The van der Waals surface area contributed by atoms with E-state index in [-0.39, 0.29) is 30.2 Å². The third-order valence-corrected chi connectivity index (χ3v) is 4.88. The lowest BCUT2D eigenvalue weighted by atomic mass is 9.90. The third kappa shape index (κ3) is 4.68. The van der Waals surface area contributed by atoms with Gasteiger partial charge in [-0.3, -0.25) is 4.79 Å². The minimum absolute atomic E-state index is 0. The van der Waals surface area contributed by atoms with Gasteiger partial charge in [0.15, 0.2) is 6.10 Å². The van der Waals surface area contributed by atoms with Crippen molar-refractivity contribution in [3.63, 3.8) is 0 Å². The second-order valence-corrected chi connectivity index (χ2v) is 6.72. The van der Waals surface area contributed by atoms with Crippen molar-refractivity contribution in [3.05, 3.63) is 35.6 Å². The lowest BCUT2D eigenvalue weighted by Crippen LogP contribution is -2.53. The normalized spacial score (nSPS) is 27.4. The molecule has 6 heteroatoms. The molecular formula is C18H26ClFN2O2. The summed E-state index contributed by atoms with van der Waals surface area (Å²) in [4.78, 5) is 14.6. The number of hydrogen-bond donors (Lipinski definition) is 1. The van der Waals surface area contributed by atoms with Gasteiger partial charge in [-0.2, -0.15) is 0 Å². The van der Waals surface area contributed by atoms with Gasteiger partial charge in [-0.05, 0) is 55.7 Å². The molecule has 2 fully saturated rings. The maximum Gasteiger partial charge on any atom is 0.253 e. The van der Waals surface area contributed by atoms with E-state index in [1.165, 1.54) is 12.1 Å². The number of likely N-dealkylation sites (tertiary alicyclic amines) is 1. The van der Waals surface area contributed by atoms with Crippen LogP contribution in [0.1, 0.15) is 31.2 Å². The molecule has 0 spiro atoms. The van der Waals surface area contributed by atoms with Crippen LogP contribution in [0.15, 0.2) is 24.3 Å². The molecule has 2 N–H and O–H groups in total. The first kappa shape index (κ1) is 19.2. The van der Waals surface area contributed by atoms with Crippen molar-refractivity contribution in [2.75, 3.05) is 19.7 Å². The van der Waals surface area contributed by atoms with Gasteiger partial charge in [0, 0.05) is 25.7 Å². The Kier molecular flexibility index (Phi) is 7.02. The summed E-state index contributed by atoms with van der Waals surface area (Å²) in [6, 6.07) is 6.46. The number of carbonyl (C=O) groups excluding carboxylic acids is 1. The second kappa shape index (κ2) is 8.79. The third-order valence-electron chi connectivity index (χ3n) is 4.88. The van der Waals surface area contributed by atoms with Crippen LogP contribution in [-0.4, -0.2) is 42.6 Å². The summed E-state index contributed by atoms with van der Waals surface area (Å²) in [6.45, 7) is 2.14. The van der Waals surface area contributed by atoms with Crippen LogP contribution in [0.5, 0.6) is 0 Å². The Hall–Kier alpha value is -1.17. The average Bonchev–Trinajstić information content (AvgIpc) is 2.57. The lowest BCUT2D eigenvalue weighted by molar-refractivity contribution is -0.149.